The number of hydrogen-bond donors (Lipinski definition) is 2. The van der Waals surface area contributed by atoms with Gasteiger partial charge in [0.15, 0.2) is 0 Å². The second-order valence-electron chi connectivity index (χ2n) is 2.47. The van der Waals surface area contributed by atoms with Crippen LogP contribution >= 0.6 is 0 Å². The van der Waals surface area contributed by atoms with Crippen molar-refractivity contribution in [1.82, 2.24) is 10.6 Å². The molecule has 1 unspecified atom stereocenters. The fourth-order valence-electron chi connectivity index (χ4n) is 0.968. The summed E-state index contributed by atoms with van der Waals surface area (Å²) in [5, 5.41) is 6.73. The average molecular weight is 144 g/mol. The highest BCUT2D eigenvalue weighted by Gasteiger charge is 2.00. The quantitative estimate of drug-likeness (QED) is 0.581. The first-order chi connectivity index (χ1) is 4.85. The molecule has 0 aromatic rings. The van der Waals surface area contributed by atoms with E-state index in [9.17, 15) is 0 Å². The van der Waals surface area contributed by atoms with Crippen molar-refractivity contribution in [2.45, 2.75) is 33.2 Å². The summed E-state index contributed by atoms with van der Waals surface area (Å²) in [7, 11) is 0. The topological polar surface area (TPSA) is 24.1 Å². The second-order valence-corrected chi connectivity index (χ2v) is 2.47. The Balaban J connectivity index is 3.21. The van der Waals surface area contributed by atoms with Gasteiger partial charge in [-0.15, -0.1) is 0 Å². The van der Waals surface area contributed by atoms with Gasteiger partial charge in [0.1, 0.15) is 0 Å². The normalized spacial score (nSPS) is 13.5. The minimum Gasteiger partial charge on any atom is -0.315 e. The van der Waals surface area contributed by atoms with Crippen LogP contribution in [0.3, 0.4) is 0 Å². The van der Waals surface area contributed by atoms with E-state index in [1.54, 1.807) is 0 Å². The Bertz CT molecular complexity index is 64.3. The third-order valence-corrected chi connectivity index (χ3v) is 1.63. The third-order valence-electron chi connectivity index (χ3n) is 1.63. The molecule has 0 aromatic carbocycles. The molecule has 0 aliphatic rings. The Morgan fingerprint density at radius 1 is 1.10 bits per heavy atom. The van der Waals surface area contributed by atoms with Gasteiger partial charge in [0.05, 0.1) is 0 Å². The Morgan fingerprint density at radius 3 is 2.20 bits per heavy atom. The molecule has 0 radical (unpaired) electrons. The standard InChI is InChI=1S/C8H20N2/c1-4-8(10-6-3)7-9-5-2/h8-10H,4-7H2,1-3H3. The summed E-state index contributed by atoms with van der Waals surface area (Å²) >= 11 is 0. The fraction of sp³-hybridized carbons (Fsp3) is 1.00. The molecule has 10 heavy (non-hydrogen) atoms. The monoisotopic (exact) mass is 144 g/mol. The van der Waals surface area contributed by atoms with Crippen LogP contribution in [-0.4, -0.2) is 25.7 Å². The van der Waals surface area contributed by atoms with Gasteiger partial charge in [-0.25, -0.2) is 0 Å². The maximum atomic E-state index is 3.40. The molecule has 0 amide bonds. The molecule has 0 aliphatic heterocycles. The molecule has 2 N–H and O–H groups in total. The zero-order chi connectivity index (χ0) is 7.82. The van der Waals surface area contributed by atoms with Crippen LogP contribution in [0.5, 0.6) is 0 Å². The van der Waals surface area contributed by atoms with Gasteiger partial charge in [-0.1, -0.05) is 20.8 Å². The zero-order valence-corrected chi connectivity index (χ0v) is 7.41. The summed E-state index contributed by atoms with van der Waals surface area (Å²) in [4.78, 5) is 0. The van der Waals surface area contributed by atoms with Crippen molar-refractivity contribution in [3.05, 3.63) is 0 Å². The lowest BCUT2D eigenvalue weighted by Crippen LogP contribution is -2.37. The van der Waals surface area contributed by atoms with Crippen molar-refractivity contribution in [2.75, 3.05) is 19.6 Å². The molecule has 2 nitrogen and oxygen atoms in total. The lowest BCUT2D eigenvalue weighted by Gasteiger charge is -2.15. The molecular weight excluding hydrogens is 124 g/mol. The first-order valence-corrected chi connectivity index (χ1v) is 4.29. The summed E-state index contributed by atoms with van der Waals surface area (Å²) in [6.07, 6.45) is 1.21. The highest BCUT2D eigenvalue weighted by atomic mass is 15.0. The molecule has 0 rings (SSSR count). The van der Waals surface area contributed by atoms with Crippen LogP contribution in [0.15, 0.2) is 0 Å². The summed E-state index contributed by atoms with van der Waals surface area (Å²) < 4.78 is 0. The largest absolute Gasteiger partial charge is 0.315 e. The molecule has 0 aliphatic carbocycles. The van der Waals surface area contributed by atoms with Crippen LogP contribution in [0.1, 0.15) is 27.2 Å². The Hall–Kier alpha value is -0.0800. The summed E-state index contributed by atoms with van der Waals surface area (Å²) in [5.41, 5.74) is 0. The maximum absolute atomic E-state index is 3.40. The Kier molecular flexibility index (Phi) is 6.98. The molecule has 2 heteroatoms. The molecule has 0 fully saturated rings. The van der Waals surface area contributed by atoms with Crippen LogP contribution in [0, 0.1) is 0 Å². The van der Waals surface area contributed by atoms with Gasteiger partial charge in [0.25, 0.3) is 0 Å². The number of nitrogens with one attached hydrogen (secondary N) is 2. The highest BCUT2D eigenvalue weighted by molar-refractivity contribution is 4.65. The number of rotatable bonds is 6. The number of likely N-dealkylation sites (N-methyl/N-ethyl adjacent to an activating group) is 2. The molecule has 62 valence electrons. The van der Waals surface area contributed by atoms with Crippen LogP contribution in [-0.2, 0) is 0 Å². The summed E-state index contributed by atoms with van der Waals surface area (Å²) in [6.45, 7) is 9.74. The summed E-state index contributed by atoms with van der Waals surface area (Å²) in [6, 6.07) is 0.657. The van der Waals surface area contributed by atoms with E-state index < -0.39 is 0 Å². The first-order valence-electron chi connectivity index (χ1n) is 4.29. The minimum atomic E-state index is 0.657. The van der Waals surface area contributed by atoms with Crippen LogP contribution in [0.25, 0.3) is 0 Å². The first kappa shape index (κ1) is 9.92. The third kappa shape index (κ3) is 4.77. The van der Waals surface area contributed by atoms with E-state index >= 15 is 0 Å². The second kappa shape index (κ2) is 7.03. The molecule has 0 heterocycles. The Morgan fingerprint density at radius 2 is 1.80 bits per heavy atom. The molecule has 0 saturated heterocycles. The van der Waals surface area contributed by atoms with Gasteiger partial charge in [0, 0.05) is 12.6 Å². The fourth-order valence-corrected chi connectivity index (χ4v) is 0.968. The van der Waals surface area contributed by atoms with Crippen molar-refractivity contribution >= 4 is 0 Å². The summed E-state index contributed by atoms with van der Waals surface area (Å²) in [5.74, 6) is 0. The van der Waals surface area contributed by atoms with Crippen molar-refractivity contribution in [3.63, 3.8) is 0 Å². The molecule has 0 bridgehead atoms. The molecule has 1 atom stereocenters. The van der Waals surface area contributed by atoms with Crippen molar-refractivity contribution in [2.24, 2.45) is 0 Å². The van der Waals surface area contributed by atoms with Gasteiger partial charge in [-0.05, 0) is 19.5 Å². The predicted molar refractivity (Wildman–Crippen MR) is 46.3 cm³/mol. The lowest BCUT2D eigenvalue weighted by atomic mass is 10.2. The van der Waals surface area contributed by atoms with E-state index in [2.05, 4.69) is 31.4 Å². The van der Waals surface area contributed by atoms with E-state index in [-0.39, 0.29) is 0 Å². The van der Waals surface area contributed by atoms with Crippen LogP contribution < -0.4 is 10.6 Å². The molecular formula is C8H20N2. The Labute approximate surface area is 64.4 Å². The molecule has 0 saturated carbocycles. The predicted octanol–water partition coefficient (Wildman–Crippen LogP) is 0.984. The lowest BCUT2D eigenvalue weighted by molar-refractivity contribution is 0.479. The van der Waals surface area contributed by atoms with Crippen molar-refractivity contribution in [1.29, 1.82) is 0 Å². The average Bonchev–Trinajstić information content (AvgIpc) is 1.98. The van der Waals surface area contributed by atoms with E-state index in [0.29, 0.717) is 6.04 Å². The van der Waals surface area contributed by atoms with E-state index in [1.807, 2.05) is 0 Å². The number of hydrogen-bond acceptors (Lipinski definition) is 2. The van der Waals surface area contributed by atoms with Crippen molar-refractivity contribution < 1.29 is 0 Å². The van der Waals surface area contributed by atoms with Gasteiger partial charge < -0.3 is 10.6 Å². The SMILES string of the molecule is CCNCC(CC)NCC. The van der Waals surface area contributed by atoms with Crippen molar-refractivity contribution in [3.8, 4) is 0 Å². The minimum absolute atomic E-state index is 0.657. The zero-order valence-electron chi connectivity index (χ0n) is 7.41. The van der Waals surface area contributed by atoms with Gasteiger partial charge in [0.2, 0.25) is 0 Å². The van der Waals surface area contributed by atoms with E-state index in [4.69, 9.17) is 0 Å². The highest BCUT2D eigenvalue weighted by Crippen LogP contribution is 1.86. The molecule has 0 aromatic heterocycles. The van der Waals surface area contributed by atoms with Gasteiger partial charge in [-0.2, -0.15) is 0 Å². The van der Waals surface area contributed by atoms with E-state index in [0.717, 1.165) is 19.6 Å². The van der Waals surface area contributed by atoms with Gasteiger partial charge >= 0.3 is 0 Å². The smallest absolute Gasteiger partial charge is 0.0189 e. The van der Waals surface area contributed by atoms with Crippen LogP contribution in [0.2, 0.25) is 0 Å². The molecule has 0 spiro atoms. The van der Waals surface area contributed by atoms with Crippen LogP contribution in [0.4, 0.5) is 0 Å². The van der Waals surface area contributed by atoms with Gasteiger partial charge in [-0.3, -0.25) is 0 Å². The van der Waals surface area contributed by atoms with E-state index in [1.165, 1.54) is 6.42 Å². The maximum Gasteiger partial charge on any atom is 0.0189 e.